The highest BCUT2D eigenvalue weighted by molar-refractivity contribution is 5.89. The Balaban J connectivity index is 2.58. The number of ether oxygens (including phenoxy) is 1. The lowest BCUT2D eigenvalue weighted by molar-refractivity contribution is 0.0551. The van der Waals surface area contributed by atoms with Crippen molar-refractivity contribution in [1.82, 2.24) is 0 Å². The molecule has 0 unspecified atom stereocenters. The molecule has 0 amide bonds. The molecule has 78 valence electrons. The molecule has 0 saturated heterocycles. The number of halogens is 1. The molecule has 0 aliphatic rings. The molecule has 0 saturated carbocycles. The molecule has 0 atom stereocenters. The number of carbonyl (C=O) groups is 1. The van der Waals surface area contributed by atoms with Crippen molar-refractivity contribution in [3.8, 4) is 11.8 Å². The van der Waals surface area contributed by atoms with E-state index in [9.17, 15) is 9.18 Å². The van der Waals surface area contributed by atoms with Gasteiger partial charge in [-0.3, -0.25) is 0 Å². The van der Waals surface area contributed by atoms with Crippen LogP contribution in [0.3, 0.4) is 0 Å². The van der Waals surface area contributed by atoms with Gasteiger partial charge < -0.3 is 9.84 Å². The van der Waals surface area contributed by atoms with E-state index in [4.69, 9.17) is 5.11 Å². The van der Waals surface area contributed by atoms with Crippen LogP contribution >= 0.6 is 0 Å². The number of esters is 1. The quantitative estimate of drug-likeness (QED) is 0.582. The first-order valence-electron chi connectivity index (χ1n) is 4.24. The van der Waals surface area contributed by atoms with Gasteiger partial charge in [0.1, 0.15) is 12.4 Å². The second kappa shape index (κ2) is 5.78. The summed E-state index contributed by atoms with van der Waals surface area (Å²) in [6, 6.07) is 5.53. The molecule has 0 heterocycles. The highest BCUT2D eigenvalue weighted by atomic mass is 19.1. The minimum atomic E-state index is -0.764. The summed E-state index contributed by atoms with van der Waals surface area (Å²) in [6.45, 7) is -0.453. The molecule has 0 aromatic heterocycles. The van der Waals surface area contributed by atoms with E-state index in [-0.39, 0.29) is 18.8 Å². The molecule has 1 N–H and O–H groups in total. The van der Waals surface area contributed by atoms with Crippen LogP contribution in [0, 0.1) is 17.7 Å². The number of hydrogen-bond acceptors (Lipinski definition) is 3. The van der Waals surface area contributed by atoms with Gasteiger partial charge in [0.2, 0.25) is 0 Å². The molecule has 4 heteroatoms. The summed E-state index contributed by atoms with van der Waals surface area (Å²) < 4.78 is 17.7. The summed E-state index contributed by atoms with van der Waals surface area (Å²) in [5, 5.41) is 8.32. The van der Waals surface area contributed by atoms with Gasteiger partial charge in [-0.25, -0.2) is 9.18 Å². The molecule has 0 spiro atoms. The van der Waals surface area contributed by atoms with Crippen molar-refractivity contribution in [3.63, 3.8) is 0 Å². The Hall–Kier alpha value is -1.86. The zero-order valence-corrected chi connectivity index (χ0v) is 7.87. The zero-order chi connectivity index (χ0) is 11.1. The Morgan fingerprint density at radius 3 is 2.80 bits per heavy atom. The summed E-state index contributed by atoms with van der Waals surface area (Å²) in [4.78, 5) is 11.2. The standard InChI is InChI=1S/C11H9FO3/c12-10-6-2-1-5-9(10)11(14)15-8-4-3-7-13/h1-2,5-6,13H,7-8H2. The molecule has 0 bridgehead atoms. The van der Waals surface area contributed by atoms with E-state index in [0.717, 1.165) is 0 Å². The lowest BCUT2D eigenvalue weighted by Crippen LogP contribution is -2.07. The van der Waals surface area contributed by atoms with Crippen LogP contribution in [0.1, 0.15) is 10.4 Å². The summed E-state index contributed by atoms with van der Waals surface area (Å²) in [6.07, 6.45) is 0. The van der Waals surface area contributed by atoms with Crippen LogP contribution < -0.4 is 0 Å². The normalized spacial score (nSPS) is 8.93. The molecule has 15 heavy (non-hydrogen) atoms. The fourth-order valence-corrected chi connectivity index (χ4v) is 0.913. The van der Waals surface area contributed by atoms with Gasteiger partial charge in [-0.2, -0.15) is 0 Å². The Morgan fingerprint density at radius 1 is 1.40 bits per heavy atom. The molecule has 0 fully saturated rings. The van der Waals surface area contributed by atoms with Crippen molar-refractivity contribution in [3.05, 3.63) is 35.6 Å². The third-order valence-electron chi connectivity index (χ3n) is 1.57. The second-order valence-electron chi connectivity index (χ2n) is 2.57. The van der Waals surface area contributed by atoms with Gasteiger partial charge in [0.25, 0.3) is 0 Å². The lowest BCUT2D eigenvalue weighted by Gasteiger charge is -2.01. The molecule has 0 aliphatic heterocycles. The molecule has 1 aromatic carbocycles. The Morgan fingerprint density at radius 2 is 2.13 bits per heavy atom. The van der Waals surface area contributed by atoms with Crippen LogP contribution in [0.5, 0.6) is 0 Å². The fourth-order valence-electron chi connectivity index (χ4n) is 0.913. The first kappa shape index (κ1) is 11.2. The van der Waals surface area contributed by atoms with Crippen molar-refractivity contribution >= 4 is 5.97 Å². The lowest BCUT2D eigenvalue weighted by atomic mass is 10.2. The number of carbonyl (C=O) groups excluding carboxylic acids is 1. The smallest absolute Gasteiger partial charge is 0.342 e. The van der Waals surface area contributed by atoms with Crippen molar-refractivity contribution in [2.75, 3.05) is 13.2 Å². The largest absolute Gasteiger partial charge is 0.449 e. The van der Waals surface area contributed by atoms with E-state index in [2.05, 4.69) is 16.6 Å². The monoisotopic (exact) mass is 208 g/mol. The molecule has 0 radical (unpaired) electrons. The van der Waals surface area contributed by atoms with Gasteiger partial charge >= 0.3 is 5.97 Å². The summed E-state index contributed by atoms with van der Waals surface area (Å²) in [5.41, 5.74) is -0.122. The van der Waals surface area contributed by atoms with Gasteiger partial charge in [-0.05, 0) is 12.1 Å². The third-order valence-corrected chi connectivity index (χ3v) is 1.57. The SMILES string of the molecule is O=C(OCC#CCO)c1ccccc1F. The number of rotatable bonds is 2. The summed E-state index contributed by atoms with van der Waals surface area (Å²) in [7, 11) is 0. The molecule has 1 aromatic rings. The number of hydrogen-bond donors (Lipinski definition) is 1. The minimum absolute atomic E-state index is 0.122. The Labute approximate surface area is 86.5 Å². The highest BCUT2D eigenvalue weighted by Crippen LogP contribution is 2.07. The maximum Gasteiger partial charge on any atom is 0.342 e. The van der Waals surface area contributed by atoms with Crippen LogP contribution in [-0.2, 0) is 4.74 Å². The predicted octanol–water partition coefficient (Wildman–Crippen LogP) is 0.978. The molecule has 1 rings (SSSR count). The fraction of sp³-hybridized carbons (Fsp3) is 0.182. The van der Waals surface area contributed by atoms with Crippen LogP contribution in [-0.4, -0.2) is 24.3 Å². The predicted molar refractivity (Wildman–Crippen MR) is 51.5 cm³/mol. The van der Waals surface area contributed by atoms with E-state index in [0.29, 0.717) is 0 Å². The average Bonchev–Trinajstić information content (AvgIpc) is 2.25. The number of benzene rings is 1. The van der Waals surface area contributed by atoms with Gasteiger partial charge in [-0.1, -0.05) is 24.0 Å². The van der Waals surface area contributed by atoms with E-state index in [1.54, 1.807) is 6.07 Å². The average molecular weight is 208 g/mol. The summed E-state index contributed by atoms with van der Waals surface area (Å²) >= 11 is 0. The molecular weight excluding hydrogens is 199 g/mol. The van der Waals surface area contributed by atoms with Gasteiger partial charge in [-0.15, -0.1) is 0 Å². The topological polar surface area (TPSA) is 46.5 Å². The molecular formula is C11H9FO3. The van der Waals surface area contributed by atoms with Gasteiger partial charge in [0.15, 0.2) is 6.61 Å². The maximum absolute atomic E-state index is 13.0. The maximum atomic E-state index is 13.0. The van der Waals surface area contributed by atoms with Gasteiger partial charge in [0.05, 0.1) is 5.56 Å². The van der Waals surface area contributed by atoms with Crippen molar-refractivity contribution < 1.29 is 19.0 Å². The molecule has 0 aliphatic carbocycles. The third kappa shape index (κ3) is 3.41. The zero-order valence-electron chi connectivity index (χ0n) is 7.87. The van der Waals surface area contributed by atoms with Crippen LogP contribution in [0.2, 0.25) is 0 Å². The second-order valence-corrected chi connectivity index (χ2v) is 2.57. The van der Waals surface area contributed by atoms with E-state index >= 15 is 0 Å². The van der Waals surface area contributed by atoms with Crippen LogP contribution in [0.15, 0.2) is 24.3 Å². The Bertz CT molecular complexity index is 404. The van der Waals surface area contributed by atoms with E-state index < -0.39 is 11.8 Å². The van der Waals surface area contributed by atoms with Crippen LogP contribution in [0.25, 0.3) is 0 Å². The van der Waals surface area contributed by atoms with Crippen molar-refractivity contribution in [2.24, 2.45) is 0 Å². The summed E-state index contributed by atoms with van der Waals surface area (Å²) in [5.74, 6) is 3.30. The minimum Gasteiger partial charge on any atom is -0.449 e. The molecule has 3 nitrogen and oxygen atoms in total. The van der Waals surface area contributed by atoms with Gasteiger partial charge in [0, 0.05) is 0 Å². The highest BCUT2D eigenvalue weighted by Gasteiger charge is 2.10. The van der Waals surface area contributed by atoms with E-state index in [1.807, 2.05) is 0 Å². The first-order chi connectivity index (χ1) is 7.25. The van der Waals surface area contributed by atoms with Crippen LogP contribution in [0.4, 0.5) is 4.39 Å². The van der Waals surface area contributed by atoms with Crippen molar-refractivity contribution in [2.45, 2.75) is 0 Å². The number of aliphatic hydroxyl groups is 1. The van der Waals surface area contributed by atoms with E-state index in [1.165, 1.54) is 18.2 Å². The first-order valence-corrected chi connectivity index (χ1v) is 4.24. The Kier molecular flexibility index (Phi) is 4.32. The number of aliphatic hydroxyl groups excluding tert-OH is 1. The van der Waals surface area contributed by atoms with Crippen molar-refractivity contribution in [1.29, 1.82) is 0 Å².